The van der Waals surface area contributed by atoms with E-state index in [4.69, 9.17) is 10.4 Å². The fourth-order valence-electron chi connectivity index (χ4n) is 5.65. The summed E-state index contributed by atoms with van der Waals surface area (Å²) in [6.45, 7) is 4.21. The molecule has 2 aromatic heterocycles. The lowest BCUT2D eigenvalue weighted by molar-refractivity contribution is 0.285. The predicted octanol–water partition coefficient (Wildman–Crippen LogP) is 4.36. The van der Waals surface area contributed by atoms with Gasteiger partial charge in [0.1, 0.15) is 0 Å². The van der Waals surface area contributed by atoms with E-state index >= 15 is 0 Å². The summed E-state index contributed by atoms with van der Waals surface area (Å²) in [5.41, 5.74) is 7.87. The first-order valence-corrected chi connectivity index (χ1v) is 12.4. The Kier molecular flexibility index (Phi) is 5.27. The normalized spacial score (nSPS) is 15.5. The molecule has 0 unspecified atom stereocenters. The number of nitriles is 1. The largest absolute Gasteiger partial charge is 0.372 e. The van der Waals surface area contributed by atoms with Crippen molar-refractivity contribution in [2.24, 2.45) is 13.0 Å². The topological polar surface area (TPSA) is 58.0 Å². The Bertz CT molecular complexity index is 1400. The van der Waals surface area contributed by atoms with E-state index in [0.717, 1.165) is 48.2 Å². The number of hydrogen-bond donors (Lipinski definition) is 0. The van der Waals surface area contributed by atoms with Gasteiger partial charge in [-0.1, -0.05) is 12.1 Å². The number of rotatable bonds is 4. The summed E-state index contributed by atoms with van der Waals surface area (Å²) < 4.78 is 4.52. The molecule has 1 saturated heterocycles. The smallest absolute Gasteiger partial charge is 0.199 e. The molecular formula is C28H31N7. The molecule has 0 bridgehead atoms. The molecule has 1 fully saturated rings. The van der Waals surface area contributed by atoms with E-state index < -0.39 is 0 Å². The number of piperidine rings is 1. The molecule has 35 heavy (non-hydrogen) atoms. The van der Waals surface area contributed by atoms with E-state index in [0.29, 0.717) is 5.56 Å². The molecule has 7 nitrogen and oxygen atoms in total. The number of nitrogens with zero attached hydrogens (tertiary/aromatic N) is 7. The van der Waals surface area contributed by atoms with Crippen LogP contribution in [-0.4, -0.2) is 57.8 Å². The van der Waals surface area contributed by atoms with Crippen LogP contribution in [-0.2, 0) is 13.6 Å². The molecule has 0 N–H and O–H groups in total. The zero-order valence-corrected chi connectivity index (χ0v) is 20.6. The monoisotopic (exact) mass is 465 g/mol. The first-order valence-electron chi connectivity index (χ1n) is 12.4. The molecule has 2 aliphatic heterocycles. The second-order valence-electron chi connectivity index (χ2n) is 10.2. The van der Waals surface area contributed by atoms with E-state index in [1.165, 1.54) is 36.3 Å². The Labute approximate surface area is 206 Å². The van der Waals surface area contributed by atoms with E-state index in [2.05, 4.69) is 69.7 Å². The van der Waals surface area contributed by atoms with Crippen LogP contribution in [0.4, 0.5) is 5.69 Å². The van der Waals surface area contributed by atoms with Gasteiger partial charge < -0.3 is 14.4 Å². The summed E-state index contributed by atoms with van der Waals surface area (Å²) >= 11 is 0. The van der Waals surface area contributed by atoms with E-state index in [1.54, 1.807) is 0 Å². The summed E-state index contributed by atoms with van der Waals surface area (Å²) in [6, 6.07) is 19.1. The number of aryl methyl sites for hydroxylation is 1. The Hall–Kier alpha value is -3.76. The van der Waals surface area contributed by atoms with Crippen LogP contribution in [0.3, 0.4) is 0 Å². The molecule has 2 aromatic carbocycles. The van der Waals surface area contributed by atoms with Gasteiger partial charge in [-0.25, -0.2) is 9.48 Å². The van der Waals surface area contributed by atoms with Crippen molar-refractivity contribution in [2.45, 2.75) is 19.4 Å². The predicted molar refractivity (Wildman–Crippen MR) is 139 cm³/mol. The van der Waals surface area contributed by atoms with Crippen LogP contribution in [0.2, 0.25) is 0 Å². The van der Waals surface area contributed by atoms with Crippen molar-refractivity contribution in [1.29, 1.82) is 5.26 Å². The summed E-state index contributed by atoms with van der Waals surface area (Å²) in [5, 5.41) is 13.9. The molecule has 0 saturated carbocycles. The standard InChI is InChI=1S/C28H31N7/c1-31(2)17-21-10-12-33(13-11-21)25-8-9-26-24(14-25)19-34-18-23(22-6-4-20(16-29)5-7-22)15-27(34)28-30-32(3)35(26)28/h4-9,14-15,18,21H,10-13,17,19H2,1-3H3. The summed E-state index contributed by atoms with van der Waals surface area (Å²) in [7, 11) is 6.34. The quantitative estimate of drug-likeness (QED) is 0.396. The highest BCUT2D eigenvalue weighted by Crippen LogP contribution is 2.36. The second-order valence-corrected chi connectivity index (χ2v) is 10.2. The minimum Gasteiger partial charge on any atom is -0.372 e. The number of fused-ring (bicyclic) bond motifs is 5. The first kappa shape index (κ1) is 21.8. The molecule has 0 amide bonds. The lowest BCUT2D eigenvalue weighted by Crippen LogP contribution is -2.37. The molecular weight excluding hydrogens is 434 g/mol. The van der Waals surface area contributed by atoms with Gasteiger partial charge in [0.15, 0.2) is 5.82 Å². The minimum atomic E-state index is 0.679. The highest BCUT2D eigenvalue weighted by atomic mass is 15.6. The first-order chi connectivity index (χ1) is 17.0. The zero-order valence-electron chi connectivity index (χ0n) is 20.6. The van der Waals surface area contributed by atoms with Gasteiger partial charge in [0.05, 0.1) is 23.0 Å². The third kappa shape index (κ3) is 3.84. The molecule has 0 atom stereocenters. The minimum absolute atomic E-state index is 0.679. The van der Waals surface area contributed by atoms with Gasteiger partial charge in [-0.15, -0.1) is 5.10 Å². The third-order valence-corrected chi connectivity index (χ3v) is 7.44. The third-order valence-electron chi connectivity index (χ3n) is 7.44. The Morgan fingerprint density at radius 3 is 2.49 bits per heavy atom. The SMILES string of the molecule is CN(C)CC1CCN(c2ccc3c(c2)Cn2cc(-c4ccc(C#N)cc4)cc2-c2nn(C)n2-3)CC1. The van der Waals surface area contributed by atoms with E-state index in [-0.39, 0.29) is 0 Å². The Morgan fingerprint density at radius 1 is 1.03 bits per heavy atom. The number of anilines is 1. The molecule has 0 spiro atoms. The van der Waals surface area contributed by atoms with Crippen molar-refractivity contribution in [3.05, 3.63) is 65.9 Å². The van der Waals surface area contributed by atoms with Gasteiger partial charge in [0.2, 0.25) is 0 Å². The molecule has 6 rings (SSSR count). The molecule has 7 heteroatoms. The molecule has 178 valence electrons. The van der Waals surface area contributed by atoms with Crippen LogP contribution >= 0.6 is 0 Å². The lowest BCUT2D eigenvalue weighted by Gasteiger charge is -2.35. The number of aromatic nitrogens is 4. The second kappa shape index (κ2) is 8.47. The average Bonchev–Trinajstić information content (AvgIpc) is 3.22. The molecule has 4 heterocycles. The Morgan fingerprint density at radius 2 is 1.80 bits per heavy atom. The Balaban J connectivity index is 1.32. The van der Waals surface area contributed by atoms with Crippen LogP contribution in [0.1, 0.15) is 24.0 Å². The van der Waals surface area contributed by atoms with E-state index in [1.807, 2.05) is 36.1 Å². The van der Waals surface area contributed by atoms with Gasteiger partial charge in [-0.2, -0.15) is 5.26 Å². The van der Waals surface area contributed by atoms with Gasteiger partial charge in [0, 0.05) is 50.7 Å². The maximum atomic E-state index is 9.13. The van der Waals surface area contributed by atoms with Gasteiger partial charge >= 0.3 is 0 Å². The van der Waals surface area contributed by atoms with Crippen LogP contribution < -0.4 is 4.90 Å². The van der Waals surface area contributed by atoms with Crippen molar-refractivity contribution >= 4 is 5.69 Å². The van der Waals surface area contributed by atoms with Crippen molar-refractivity contribution in [1.82, 2.24) is 24.0 Å². The highest BCUT2D eigenvalue weighted by Gasteiger charge is 2.27. The molecule has 4 aromatic rings. The van der Waals surface area contributed by atoms with Crippen molar-refractivity contribution < 1.29 is 0 Å². The summed E-state index contributed by atoms with van der Waals surface area (Å²) in [4.78, 5) is 6.78. The summed E-state index contributed by atoms with van der Waals surface area (Å²) in [5.74, 6) is 1.77. The summed E-state index contributed by atoms with van der Waals surface area (Å²) in [6.07, 6.45) is 4.71. The highest BCUT2D eigenvalue weighted by molar-refractivity contribution is 5.72. The van der Waals surface area contributed by atoms with Crippen molar-refractivity contribution in [2.75, 3.05) is 38.6 Å². The van der Waals surface area contributed by atoms with Gasteiger partial charge in [-0.3, -0.25) is 0 Å². The van der Waals surface area contributed by atoms with E-state index in [9.17, 15) is 0 Å². The van der Waals surface area contributed by atoms with Gasteiger partial charge in [-0.05, 0) is 80.4 Å². The fraction of sp³-hybridized carbons (Fsp3) is 0.357. The average molecular weight is 466 g/mol. The fourth-order valence-corrected chi connectivity index (χ4v) is 5.65. The zero-order chi connectivity index (χ0) is 24.1. The maximum Gasteiger partial charge on any atom is 0.199 e. The van der Waals surface area contributed by atoms with Crippen LogP contribution in [0, 0.1) is 17.2 Å². The van der Waals surface area contributed by atoms with Crippen molar-refractivity contribution in [3.8, 4) is 34.4 Å². The van der Waals surface area contributed by atoms with Crippen molar-refractivity contribution in [3.63, 3.8) is 0 Å². The molecule has 0 aliphatic carbocycles. The number of hydrogen-bond acceptors (Lipinski definition) is 4. The molecule has 0 radical (unpaired) electrons. The van der Waals surface area contributed by atoms with Crippen LogP contribution in [0.25, 0.3) is 28.3 Å². The maximum absolute atomic E-state index is 9.13. The van der Waals surface area contributed by atoms with Crippen LogP contribution in [0.15, 0.2) is 54.7 Å². The number of benzene rings is 2. The lowest BCUT2D eigenvalue weighted by atomic mass is 9.96. The molecule has 2 aliphatic rings. The van der Waals surface area contributed by atoms with Gasteiger partial charge in [0.25, 0.3) is 0 Å². The van der Waals surface area contributed by atoms with Crippen LogP contribution in [0.5, 0.6) is 0 Å².